The van der Waals surface area contributed by atoms with E-state index in [1.807, 2.05) is 27.7 Å². The minimum atomic E-state index is -0.667. The van der Waals surface area contributed by atoms with Gasteiger partial charge in [0, 0.05) is 0 Å². The van der Waals surface area contributed by atoms with Crippen LogP contribution in [-0.2, 0) is 19.1 Å². The molecule has 0 spiro atoms. The fourth-order valence-corrected chi connectivity index (χ4v) is 1.71. The largest absolute Gasteiger partial charge is 0.467 e. The summed E-state index contributed by atoms with van der Waals surface area (Å²) in [5, 5.41) is 8.01. The van der Waals surface area contributed by atoms with E-state index in [2.05, 4.69) is 10.2 Å². The molecule has 2 unspecified atom stereocenters. The maximum atomic E-state index is 11.6. The first-order valence-corrected chi connectivity index (χ1v) is 6.87. The lowest BCUT2D eigenvalue weighted by Gasteiger charge is -2.14. The molecule has 6 heteroatoms. The topological polar surface area (TPSA) is 77.3 Å². The number of nitrogens with zero attached hydrogens (tertiary/aromatic N) is 2. The number of ether oxygens (including phenoxy) is 2. The second-order valence-electron chi connectivity index (χ2n) is 5.57. The standard InChI is InChI=1S/C14H26N2O4/c1-9(2)7-11(13(17)19-5)15-16-12(8-10(3)4)14(18)20-6/h9-12H,7-8H2,1-6H3. The van der Waals surface area contributed by atoms with Crippen LogP contribution >= 0.6 is 0 Å². The Morgan fingerprint density at radius 3 is 1.30 bits per heavy atom. The maximum Gasteiger partial charge on any atom is 0.332 e. The number of rotatable bonds is 8. The van der Waals surface area contributed by atoms with Crippen LogP contribution in [0.1, 0.15) is 40.5 Å². The molecule has 0 heterocycles. The van der Waals surface area contributed by atoms with Crippen LogP contribution in [-0.4, -0.2) is 38.2 Å². The van der Waals surface area contributed by atoms with E-state index < -0.39 is 24.0 Å². The van der Waals surface area contributed by atoms with Crippen LogP contribution in [0.5, 0.6) is 0 Å². The van der Waals surface area contributed by atoms with Crippen LogP contribution in [0.25, 0.3) is 0 Å². The van der Waals surface area contributed by atoms with Crippen molar-refractivity contribution < 1.29 is 19.1 Å². The lowest BCUT2D eigenvalue weighted by atomic mass is 10.0. The van der Waals surface area contributed by atoms with Gasteiger partial charge in [0.1, 0.15) is 0 Å². The highest BCUT2D eigenvalue weighted by atomic mass is 16.5. The van der Waals surface area contributed by atoms with Crippen molar-refractivity contribution in [2.75, 3.05) is 14.2 Å². The van der Waals surface area contributed by atoms with Crippen LogP contribution in [0.3, 0.4) is 0 Å². The molecule has 0 aromatic rings. The molecular formula is C14H26N2O4. The second-order valence-corrected chi connectivity index (χ2v) is 5.57. The quantitative estimate of drug-likeness (QED) is 0.507. The summed E-state index contributed by atoms with van der Waals surface area (Å²) >= 11 is 0. The average molecular weight is 286 g/mol. The van der Waals surface area contributed by atoms with Crippen molar-refractivity contribution in [1.82, 2.24) is 0 Å². The van der Waals surface area contributed by atoms with E-state index in [1.54, 1.807) is 0 Å². The van der Waals surface area contributed by atoms with Crippen LogP contribution < -0.4 is 0 Å². The first-order chi connectivity index (χ1) is 9.31. The van der Waals surface area contributed by atoms with E-state index >= 15 is 0 Å². The Bertz CT molecular complexity index is 308. The molecule has 0 aliphatic heterocycles. The monoisotopic (exact) mass is 286 g/mol. The summed E-state index contributed by atoms with van der Waals surface area (Å²) in [6, 6.07) is -1.33. The third kappa shape index (κ3) is 7.21. The van der Waals surface area contributed by atoms with E-state index in [4.69, 9.17) is 9.47 Å². The van der Waals surface area contributed by atoms with E-state index in [-0.39, 0.29) is 11.8 Å². The Kier molecular flexibility index (Phi) is 8.76. The summed E-state index contributed by atoms with van der Waals surface area (Å²) in [5.74, 6) is -0.314. The molecule has 0 aromatic carbocycles. The van der Waals surface area contributed by atoms with Gasteiger partial charge in [0.15, 0.2) is 12.1 Å². The van der Waals surface area contributed by atoms with Crippen LogP contribution in [0.15, 0.2) is 10.2 Å². The zero-order valence-electron chi connectivity index (χ0n) is 13.3. The van der Waals surface area contributed by atoms with Gasteiger partial charge < -0.3 is 9.47 Å². The van der Waals surface area contributed by atoms with Gasteiger partial charge in [-0.3, -0.25) is 0 Å². The molecule has 0 saturated heterocycles. The minimum absolute atomic E-state index is 0.278. The average Bonchev–Trinajstić information content (AvgIpc) is 2.39. The molecule has 6 nitrogen and oxygen atoms in total. The maximum absolute atomic E-state index is 11.6. The molecule has 2 atom stereocenters. The van der Waals surface area contributed by atoms with Gasteiger partial charge in [-0.1, -0.05) is 27.7 Å². The molecule has 0 amide bonds. The molecular weight excluding hydrogens is 260 g/mol. The highest BCUT2D eigenvalue weighted by Gasteiger charge is 2.23. The van der Waals surface area contributed by atoms with Crippen molar-refractivity contribution >= 4 is 11.9 Å². The molecule has 0 N–H and O–H groups in total. The number of carbonyl (C=O) groups is 2. The second kappa shape index (κ2) is 9.44. The summed E-state index contributed by atoms with van der Waals surface area (Å²) in [4.78, 5) is 23.3. The van der Waals surface area contributed by atoms with Crippen molar-refractivity contribution in [3.63, 3.8) is 0 Å². The van der Waals surface area contributed by atoms with Gasteiger partial charge in [-0.2, -0.15) is 10.2 Å². The summed E-state index contributed by atoms with van der Waals surface area (Å²) in [6.45, 7) is 7.93. The summed E-state index contributed by atoms with van der Waals surface area (Å²) in [5.41, 5.74) is 0. The van der Waals surface area contributed by atoms with Gasteiger partial charge in [-0.25, -0.2) is 9.59 Å². The Balaban J connectivity index is 4.92. The number of methoxy groups -OCH3 is 2. The summed E-state index contributed by atoms with van der Waals surface area (Å²) in [7, 11) is 2.63. The molecule has 0 bridgehead atoms. The predicted molar refractivity (Wildman–Crippen MR) is 75.4 cm³/mol. The molecule has 0 radical (unpaired) electrons. The van der Waals surface area contributed by atoms with Gasteiger partial charge >= 0.3 is 11.9 Å². The van der Waals surface area contributed by atoms with Crippen molar-refractivity contribution in [2.24, 2.45) is 22.1 Å². The Labute approximate surface area is 120 Å². The van der Waals surface area contributed by atoms with Gasteiger partial charge in [0.2, 0.25) is 0 Å². The van der Waals surface area contributed by atoms with E-state index in [9.17, 15) is 9.59 Å². The first-order valence-electron chi connectivity index (χ1n) is 6.87. The lowest BCUT2D eigenvalue weighted by Crippen LogP contribution is -2.25. The molecule has 0 saturated carbocycles. The molecule has 0 aliphatic carbocycles. The molecule has 0 rings (SSSR count). The predicted octanol–water partition coefficient (Wildman–Crippen LogP) is 2.61. The Hall–Kier alpha value is -1.46. The third-order valence-electron chi connectivity index (χ3n) is 2.68. The van der Waals surface area contributed by atoms with Gasteiger partial charge in [0.25, 0.3) is 0 Å². The lowest BCUT2D eigenvalue weighted by molar-refractivity contribution is -0.144. The van der Waals surface area contributed by atoms with E-state index in [1.165, 1.54) is 14.2 Å². The van der Waals surface area contributed by atoms with Gasteiger partial charge in [0.05, 0.1) is 14.2 Å². The van der Waals surface area contributed by atoms with Crippen LogP contribution in [0.4, 0.5) is 0 Å². The van der Waals surface area contributed by atoms with Gasteiger partial charge in [-0.05, 0) is 24.7 Å². The number of hydrogen-bond acceptors (Lipinski definition) is 6. The third-order valence-corrected chi connectivity index (χ3v) is 2.68. The molecule has 20 heavy (non-hydrogen) atoms. The molecule has 116 valence electrons. The van der Waals surface area contributed by atoms with Crippen LogP contribution in [0.2, 0.25) is 0 Å². The number of hydrogen-bond donors (Lipinski definition) is 0. The first kappa shape index (κ1) is 18.5. The summed E-state index contributed by atoms with van der Waals surface area (Å²) in [6.07, 6.45) is 1.07. The van der Waals surface area contributed by atoms with E-state index in [0.29, 0.717) is 12.8 Å². The van der Waals surface area contributed by atoms with Crippen molar-refractivity contribution in [3.8, 4) is 0 Å². The molecule has 0 fully saturated rings. The number of azo groups is 1. The summed E-state index contributed by atoms with van der Waals surface area (Å²) < 4.78 is 9.41. The minimum Gasteiger partial charge on any atom is -0.467 e. The zero-order chi connectivity index (χ0) is 15.7. The SMILES string of the molecule is COC(=O)C(CC(C)C)N=NC(CC(C)C)C(=O)OC. The van der Waals surface area contributed by atoms with Crippen molar-refractivity contribution in [3.05, 3.63) is 0 Å². The normalized spacial score (nSPS) is 14.6. The fraction of sp³-hybridized carbons (Fsp3) is 0.857. The van der Waals surface area contributed by atoms with Gasteiger partial charge in [-0.15, -0.1) is 0 Å². The molecule has 0 aliphatic rings. The number of carbonyl (C=O) groups excluding carboxylic acids is 2. The zero-order valence-corrected chi connectivity index (χ0v) is 13.3. The Morgan fingerprint density at radius 1 is 0.800 bits per heavy atom. The van der Waals surface area contributed by atoms with Crippen molar-refractivity contribution in [2.45, 2.75) is 52.6 Å². The number of esters is 2. The Morgan fingerprint density at radius 2 is 1.10 bits per heavy atom. The highest BCUT2D eigenvalue weighted by Crippen LogP contribution is 2.14. The van der Waals surface area contributed by atoms with E-state index in [0.717, 1.165) is 0 Å². The molecule has 0 aromatic heterocycles. The van der Waals surface area contributed by atoms with Crippen molar-refractivity contribution in [1.29, 1.82) is 0 Å². The smallest absolute Gasteiger partial charge is 0.332 e. The fourth-order valence-electron chi connectivity index (χ4n) is 1.71. The highest BCUT2D eigenvalue weighted by molar-refractivity contribution is 5.76. The van der Waals surface area contributed by atoms with Crippen LogP contribution in [0, 0.1) is 11.8 Å².